The molecule has 0 bridgehead atoms. The Kier molecular flexibility index (Phi) is 6.91. The van der Waals surface area contributed by atoms with Gasteiger partial charge < -0.3 is 4.57 Å². The van der Waals surface area contributed by atoms with Gasteiger partial charge in [-0.15, -0.1) is 0 Å². The van der Waals surface area contributed by atoms with E-state index >= 15 is 0 Å². The Hall–Kier alpha value is -5.67. The summed E-state index contributed by atoms with van der Waals surface area (Å²) in [4.78, 5) is 7.06. The summed E-state index contributed by atoms with van der Waals surface area (Å²) in [5.74, 6) is 0.893. The van der Waals surface area contributed by atoms with Gasteiger partial charge in [-0.2, -0.15) is 0 Å². The van der Waals surface area contributed by atoms with Gasteiger partial charge in [0.25, 0.3) is 0 Å². The summed E-state index contributed by atoms with van der Waals surface area (Å²) < 4.78 is 2.36. The maximum atomic E-state index is 4.79. The number of para-hydroxylation sites is 2. The SMILES string of the molecule is C/C=C\C1=C(C)C(C)(C)c2cc(N(c3ccc(-c4ccc5c(c4)c4ccccc4n5-c4ccccc4)cc3)c3ccccn3)ccc21. The summed E-state index contributed by atoms with van der Waals surface area (Å²) >= 11 is 0. The van der Waals surface area contributed by atoms with Crippen LogP contribution in [-0.4, -0.2) is 9.55 Å². The number of nitrogens with zero attached hydrogens (tertiary/aromatic N) is 3. The third kappa shape index (κ3) is 4.70. The third-order valence-electron chi connectivity index (χ3n) is 9.92. The van der Waals surface area contributed by atoms with E-state index in [-0.39, 0.29) is 5.41 Å². The molecule has 1 aliphatic rings. The van der Waals surface area contributed by atoms with Gasteiger partial charge in [0, 0.05) is 39.4 Å². The zero-order chi connectivity index (χ0) is 32.1. The number of hydrogen-bond donors (Lipinski definition) is 0. The first-order valence-electron chi connectivity index (χ1n) is 16.3. The summed E-state index contributed by atoms with van der Waals surface area (Å²) in [6.07, 6.45) is 6.25. The van der Waals surface area contributed by atoms with E-state index < -0.39 is 0 Å². The van der Waals surface area contributed by atoms with Crippen LogP contribution in [-0.2, 0) is 5.41 Å². The van der Waals surface area contributed by atoms with Crippen molar-refractivity contribution in [2.24, 2.45) is 0 Å². The smallest absolute Gasteiger partial charge is 0.137 e. The van der Waals surface area contributed by atoms with Crippen molar-refractivity contribution < 1.29 is 0 Å². The summed E-state index contributed by atoms with van der Waals surface area (Å²) in [6.45, 7) is 9.01. The molecule has 2 aromatic heterocycles. The van der Waals surface area contributed by atoms with Crippen LogP contribution in [0.2, 0.25) is 0 Å². The maximum absolute atomic E-state index is 4.79. The van der Waals surface area contributed by atoms with Crippen LogP contribution in [0.4, 0.5) is 17.2 Å². The molecule has 0 radical (unpaired) electrons. The molecule has 0 spiro atoms. The van der Waals surface area contributed by atoms with E-state index in [4.69, 9.17) is 4.98 Å². The Bertz CT molecular complexity index is 2320. The van der Waals surface area contributed by atoms with E-state index in [1.807, 2.05) is 12.3 Å². The quantitative estimate of drug-likeness (QED) is 0.187. The second kappa shape index (κ2) is 11.3. The molecule has 2 heterocycles. The van der Waals surface area contributed by atoms with E-state index in [1.54, 1.807) is 0 Å². The van der Waals surface area contributed by atoms with E-state index in [0.29, 0.717) is 0 Å². The Morgan fingerprint density at radius 2 is 1.36 bits per heavy atom. The monoisotopic (exact) mass is 607 g/mol. The van der Waals surface area contributed by atoms with Crippen molar-refractivity contribution in [1.82, 2.24) is 9.55 Å². The van der Waals surface area contributed by atoms with Gasteiger partial charge in [-0.25, -0.2) is 4.98 Å². The van der Waals surface area contributed by atoms with Crippen LogP contribution in [0.1, 0.15) is 38.8 Å². The van der Waals surface area contributed by atoms with Crippen molar-refractivity contribution in [3.05, 3.63) is 169 Å². The number of allylic oxidation sites excluding steroid dienone is 4. The molecule has 3 nitrogen and oxygen atoms in total. The maximum Gasteiger partial charge on any atom is 0.137 e. The number of pyridine rings is 1. The lowest BCUT2D eigenvalue weighted by Gasteiger charge is -2.27. The second-order valence-corrected chi connectivity index (χ2v) is 12.9. The first kappa shape index (κ1) is 28.8. The Labute approximate surface area is 276 Å². The van der Waals surface area contributed by atoms with Crippen molar-refractivity contribution in [2.45, 2.75) is 33.1 Å². The lowest BCUT2D eigenvalue weighted by Crippen LogP contribution is -2.17. The minimum absolute atomic E-state index is 0.0535. The number of aromatic nitrogens is 2. The molecule has 8 rings (SSSR count). The largest absolute Gasteiger partial charge is 0.309 e. The second-order valence-electron chi connectivity index (χ2n) is 12.9. The number of anilines is 3. The molecule has 0 saturated heterocycles. The molecule has 0 aliphatic heterocycles. The van der Waals surface area contributed by atoms with Crippen LogP contribution in [0, 0.1) is 0 Å². The van der Waals surface area contributed by atoms with Gasteiger partial charge >= 0.3 is 0 Å². The van der Waals surface area contributed by atoms with E-state index in [1.165, 1.54) is 60.9 Å². The molecule has 0 atom stereocenters. The number of rotatable bonds is 6. The van der Waals surface area contributed by atoms with Crippen LogP contribution in [0.15, 0.2) is 157 Å². The normalized spacial score (nSPS) is 14.0. The highest BCUT2D eigenvalue weighted by molar-refractivity contribution is 6.10. The van der Waals surface area contributed by atoms with Crippen molar-refractivity contribution in [1.29, 1.82) is 0 Å². The van der Waals surface area contributed by atoms with Crippen molar-refractivity contribution >= 4 is 44.6 Å². The molecule has 5 aromatic carbocycles. The van der Waals surface area contributed by atoms with Gasteiger partial charge in [-0.05, 0) is 108 Å². The van der Waals surface area contributed by atoms with Crippen molar-refractivity contribution in [3.63, 3.8) is 0 Å². The molecule has 7 aromatic rings. The Morgan fingerprint density at radius 1 is 0.660 bits per heavy atom. The van der Waals surface area contributed by atoms with Gasteiger partial charge in [0.05, 0.1) is 11.0 Å². The first-order chi connectivity index (χ1) is 23.0. The van der Waals surface area contributed by atoms with Gasteiger partial charge in [0.15, 0.2) is 0 Å². The summed E-state index contributed by atoms with van der Waals surface area (Å²) in [5, 5.41) is 2.51. The average Bonchev–Trinajstić information content (AvgIpc) is 3.54. The highest BCUT2D eigenvalue weighted by Crippen LogP contribution is 2.49. The molecule has 3 heteroatoms. The first-order valence-corrected chi connectivity index (χ1v) is 16.3. The highest BCUT2D eigenvalue weighted by Gasteiger charge is 2.35. The van der Waals surface area contributed by atoms with E-state index in [9.17, 15) is 0 Å². The fourth-order valence-corrected chi connectivity index (χ4v) is 7.26. The van der Waals surface area contributed by atoms with Crippen LogP contribution in [0.3, 0.4) is 0 Å². The fourth-order valence-electron chi connectivity index (χ4n) is 7.26. The molecule has 0 N–H and O–H groups in total. The van der Waals surface area contributed by atoms with E-state index in [0.717, 1.165) is 17.2 Å². The number of hydrogen-bond acceptors (Lipinski definition) is 2. The Morgan fingerprint density at radius 3 is 2.13 bits per heavy atom. The Balaban J connectivity index is 1.21. The topological polar surface area (TPSA) is 21.1 Å². The fraction of sp³-hybridized carbons (Fsp3) is 0.114. The van der Waals surface area contributed by atoms with Crippen molar-refractivity contribution in [3.8, 4) is 16.8 Å². The predicted octanol–water partition coefficient (Wildman–Crippen LogP) is 12.0. The number of fused-ring (bicyclic) bond motifs is 4. The molecule has 0 saturated carbocycles. The zero-order valence-electron chi connectivity index (χ0n) is 27.3. The molecular weight excluding hydrogens is 571 g/mol. The molecule has 0 amide bonds. The van der Waals surface area contributed by atoms with Crippen molar-refractivity contribution in [2.75, 3.05) is 4.90 Å². The van der Waals surface area contributed by atoms with E-state index in [2.05, 4.69) is 177 Å². The molecular formula is C44H37N3. The lowest BCUT2D eigenvalue weighted by molar-refractivity contribution is 0.639. The summed E-state index contributed by atoms with van der Waals surface area (Å²) in [5.41, 5.74) is 13.5. The minimum Gasteiger partial charge on any atom is -0.309 e. The van der Waals surface area contributed by atoms with Crippen LogP contribution in [0.25, 0.3) is 44.2 Å². The molecule has 47 heavy (non-hydrogen) atoms. The molecule has 0 fully saturated rings. The van der Waals surface area contributed by atoms with Gasteiger partial charge in [0.2, 0.25) is 0 Å². The highest BCUT2D eigenvalue weighted by atomic mass is 15.2. The number of benzene rings is 5. The van der Waals surface area contributed by atoms with Gasteiger partial charge in [0.1, 0.15) is 5.82 Å². The molecule has 1 aliphatic carbocycles. The lowest BCUT2D eigenvalue weighted by atomic mass is 9.82. The standard InChI is InChI=1S/C44H37N3/c1-5-13-36-30(2)44(3,4)40-29-35(24-25-37(36)40)46(43-18-11-12-27-45-43)34-22-19-31(20-23-34)32-21-26-42-39(28-32)38-16-9-10-17-41(38)47(42)33-14-7-6-8-15-33/h5-29H,1-4H3/b13-5-. The minimum atomic E-state index is -0.0535. The average molecular weight is 608 g/mol. The van der Waals surface area contributed by atoms with Gasteiger partial charge in [-0.3, -0.25) is 4.90 Å². The van der Waals surface area contributed by atoms with Crippen LogP contribution in [0.5, 0.6) is 0 Å². The zero-order valence-corrected chi connectivity index (χ0v) is 27.3. The molecule has 0 unspecified atom stereocenters. The predicted molar refractivity (Wildman–Crippen MR) is 199 cm³/mol. The molecule has 228 valence electrons. The summed E-state index contributed by atoms with van der Waals surface area (Å²) in [7, 11) is 0. The summed E-state index contributed by atoms with van der Waals surface area (Å²) in [6, 6.07) is 48.0. The van der Waals surface area contributed by atoms with Crippen LogP contribution < -0.4 is 4.90 Å². The third-order valence-corrected chi connectivity index (χ3v) is 9.92. The van der Waals surface area contributed by atoms with Crippen LogP contribution >= 0.6 is 0 Å². The van der Waals surface area contributed by atoms with Gasteiger partial charge in [-0.1, -0.05) is 98.3 Å².